The van der Waals surface area contributed by atoms with Crippen molar-refractivity contribution >= 4 is 6.29 Å². The minimum atomic E-state index is -4.76. The molecule has 0 saturated heterocycles. The number of ether oxygens (including phenoxy) is 1. The highest BCUT2D eigenvalue weighted by atomic mass is 19.4. The minimum Gasteiger partial charge on any atom is -0.406 e. The molecule has 2 aromatic rings. The number of benzene rings is 1. The zero-order valence-electron chi connectivity index (χ0n) is 11.2. The van der Waals surface area contributed by atoms with E-state index < -0.39 is 6.36 Å². The molecule has 4 nitrogen and oxygen atoms in total. The van der Waals surface area contributed by atoms with Gasteiger partial charge in [0, 0.05) is 18.3 Å². The number of nitrogens with zero attached hydrogens (tertiary/aromatic N) is 2. The van der Waals surface area contributed by atoms with Crippen LogP contribution in [-0.2, 0) is 6.54 Å². The lowest BCUT2D eigenvalue weighted by Gasteiger charge is -2.09. The summed E-state index contributed by atoms with van der Waals surface area (Å²) in [5, 5.41) is 4.23. The predicted octanol–water partition coefficient (Wildman–Crippen LogP) is 3.67. The molecule has 0 saturated carbocycles. The molecule has 0 fully saturated rings. The molecular weight excluding hydrogens is 285 g/mol. The van der Waals surface area contributed by atoms with Gasteiger partial charge in [0.2, 0.25) is 0 Å². The van der Waals surface area contributed by atoms with E-state index in [1.807, 2.05) is 6.92 Å². The van der Waals surface area contributed by atoms with Gasteiger partial charge < -0.3 is 4.74 Å². The fourth-order valence-electron chi connectivity index (χ4n) is 1.93. The van der Waals surface area contributed by atoms with E-state index in [1.165, 1.54) is 18.2 Å². The number of aromatic nitrogens is 2. The Bertz CT molecular complexity index is 635. The summed E-state index contributed by atoms with van der Waals surface area (Å²) in [6.45, 7) is 2.58. The van der Waals surface area contributed by atoms with E-state index in [9.17, 15) is 18.0 Å². The molecule has 7 heteroatoms. The van der Waals surface area contributed by atoms with Gasteiger partial charge in [0.15, 0.2) is 6.29 Å². The lowest BCUT2D eigenvalue weighted by atomic mass is 10.1. The summed E-state index contributed by atoms with van der Waals surface area (Å²) in [5.74, 6) is -0.345. The number of alkyl halides is 3. The number of hydrogen-bond acceptors (Lipinski definition) is 3. The summed E-state index contributed by atoms with van der Waals surface area (Å²) < 4.78 is 42.1. The van der Waals surface area contributed by atoms with E-state index in [0.717, 1.165) is 6.42 Å². The van der Waals surface area contributed by atoms with E-state index in [-0.39, 0.29) is 5.75 Å². The van der Waals surface area contributed by atoms with Crippen molar-refractivity contribution in [3.8, 4) is 17.0 Å². The smallest absolute Gasteiger partial charge is 0.406 e. The standard InChI is InChI=1S/C14H13F3N2O2/c1-2-6-19-8-11(9-20)13(18-19)10-4-3-5-12(7-10)21-14(15,16)17/h3-5,7-9H,2,6H2,1H3. The maximum absolute atomic E-state index is 12.2. The van der Waals surface area contributed by atoms with Crippen LogP contribution in [0.15, 0.2) is 30.5 Å². The highest BCUT2D eigenvalue weighted by molar-refractivity contribution is 5.85. The van der Waals surface area contributed by atoms with Crippen LogP contribution in [0.25, 0.3) is 11.3 Å². The van der Waals surface area contributed by atoms with E-state index in [2.05, 4.69) is 9.84 Å². The number of carbonyl (C=O) groups excluding carboxylic acids is 1. The topological polar surface area (TPSA) is 44.1 Å². The first-order valence-electron chi connectivity index (χ1n) is 6.31. The number of rotatable bonds is 5. The molecule has 0 aliphatic heterocycles. The number of halogens is 3. The molecule has 0 N–H and O–H groups in total. The van der Waals surface area contributed by atoms with Crippen molar-refractivity contribution in [2.45, 2.75) is 26.3 Å². The molecule has 0 aliphatic rings. The Kier molecular flexibility index (Phi) is 4.30. The maximum atomic E-state index is 12.2. The first-order valence-corrected chi connectivity index (χ1v) is 6.31. The van der Waals surface area contributed by atoms with Crippen molar-refractivity contribution < 1.29 is 22.7 Å². The van der Waals surface area contributed by atoms with Gasteiger partial charge in [0.25, 0.3) is 0 Å². The maximum Gasteiger partial charge on any atom is 0.573 e. The van der Waals surface area contributed by atoms with E-state index in [1.54, 1.807) is 16.9 Å². The summed E-state index contributed by atoms with van der Waals surface area (Å²) in [4.78, 5) is 11.1. The Labute approximate surface area is 119 Å². The summed E-state index contributed by atoms with van der Waals surface area (Å²) in [7, 11) is 0. The molecule has 0 amide bonds. The predicted molar refractivity (Wildman–Crippen MR) is 70.0 cm³/mol. The van der Waals surface area contributed by atoms with Gasteiger partial charge in [0.05, 0.1) is 5.56 Å². The number of aryl methyl sites for hydroxylation is 1. The van der Waals surface area contributed by atoms with Gasteiger partial charge >= 0.3 is 6.36 Å². The molecular formula is C14H13F3N2O2. The minimum absolute atomic E-state index is 0.326. The fourth-order valence-corrected chi connectivity index (χ4v) is 1.93. The zero-order chi connectivity index (χ0) is 15.5. The van der Waals surface area contributed by atoms with Crippen LogP contribution in [0.3, 0.4) is 0 Å². The van der Waals surface area contributed by atoms with Gasteiger partial charge in [-0.15, -0.1) is 13.2 Å². The lowest BCUT2D eigenvalue weighted by Crippen LogP contribution is -2.17. The summed E-state index contributed by atoms with van der Waals surface area (Å²) in [6, 6.07) is 5.40. The molecule has 0 spiro atoms. The SMILES string of the molecule is CCCn1cc(C=O)c(-c2cccc(OC(F)(F)F)c2)n1. The Balaban J connectivity index is 2.37. The van der Waals surface area contributed by atoms with Gasteiger partial charge in [-0.2, -0.15) is 5.10 Å². The third-order valence-electron chi connectivity index (χ3n) is 2.71. The quantitative estimate of drug-likeness (QED) is 0.791. The first kappa shape index (κ1) is 15.1. The summed E-state index contributed by atoms with van der Waals surface area (Å²) in [6.07, 6.45) is -1.72. The van der Waals surface area contributed by atoms with Crippen LogP contribution in [0, 0.1) is 0 Å². The summed E-state index contributed by atoms with van der Waals surface area (Å²) >= 11 is 0. The Morgan fingerprint density at radius 3 is 2.76 bits per heavy atom. The van der Waals surface area contributed by atoms with Crippen LogP contribution in [0.2, 0.25) is 0 Å². The largest absolute Gasteiger partial charge is 0.573 e. The van der Waals surface area contributed by atoms with Crippen molar-refractivity contribution in [1.29, 1.82) is 0 Å². The van der Waals surface area contributed by atoms with Crippen LogP contribution in [0.5, 0.6) is 5.75 Å². The molecule has 1 aromatic carbocycles. The molecule has 0 atom stereocenters. The van der Waals surface area contributed by atoms with E-state index in [4.69, 9.17) is 0 Å². The summed E-state index contributed by atoms with van der Waals surface area (Å²) in [5.41, 5.74) is 1.06. The second kappa shape index (κ2) is 5.99. The molecule has 2 rings (SSSR count). The monoisotopic (exact) mass is 298 g/mol. The van der Waals surface area contributed by atoms with Crippen molar-refractivity contribution in [3.63, 3.8) is 0 Å². The first-order chi connectivity index (χ1) is 9.93. The second-order valence-corrected chi connectivity index (χ2v) is 4.39. The molecule has 112 valence electrons. The van der Waals surface area contributed by atoms with Crippen LogP contribution < -0.4 is 4.74 Å². The van der Waals surface area contributed by atoms with Crippen LogP contribution in [0.1, 0.15) is 23.7 Å². The fraction of sp³-hybridized carbons (Fsp3) is 0.286. The van der Waals surface area contributed by atoms with Crippen LogP contribution in [0.4, 0.5) is 13.2 Å². The molecule has 0 bridgehead atoms. The van der Waals surface area contributed by atoms with Gasteiger partial charge in [-0.05, 0) is 18.6 Å². The number of aldehydes is 1. The van der Waals surface area contributed by atoms with Crippen molar-refractivity contribution in [1.82, 2.24) is 9.78 Å². The van der Waals surface area contributed by atoms with Crippen molar-refractivity contribution in [2.75, 3.05) is 0 Å². The van der Waals surface area contributed by atoms with Gasteiger partial charge in [-0.25, -0.2) is 0 Å². The second-order valence-electron chi connectivity index (χ2n) is 4.39. The Morgan fingerprint density at radius 2 is 2.14 bits per heavy atom. The average Bonchev–Trinajstić information content (AvgIpc) is 2.80. The molecule has 21 heavy (non-hydrogen) atoms. The number of carbonyl (C=O) groups is 1. The van der Waals surface area contributed by atoms with Crippen molar-refractivity contribution in [2.24, 2.45) is 0 Å². The number of hydrogen-bond donors (Lipinski definition) is 0. The third kappa shape index (κ3) is 3.84. The lowest BCUT2D eigenvalue weighted by molar-refractivity contribution is -0.274. The molecule has 0 radical (unpaired) electrons. The Morgan fingerprint density at radius 1 is 1.38 bits per heavy atom. The molecule has 1 aromatic heterocycles. The average molecular weight is 298 g/mol. The normalized spacial score (nSPS) is 11.4. The van der Waals surface area contributed by atoms with Crippen molar-refractivity contribution in [3.05, 3.63) is 36.0 Å². The molecule has 0 unspecified atom stereocenters. The van der Waals surface area contributed by atoms with E-state index in [0.29, 0.717) is 29.7 Å². The van der Waals surface area contributed by atoms with Crippen LogP contribution >= 0.6 is 0 Å². The Hall–Kier alpha value is -2.31. The molecule has 1 heterocycles. The highest BCUT2D eigenvalue weighted by Gasteiger charge is 2.31. The highest BCUT2D eigenvalue weighted by Crippen LogP contribution is 2.28. The van der Waals surface area contributed by atoms with Gasteiger partial charge in [0.1, 0.15) is 11.4 Å². The van der Waals surface area contributed by atoms with Crippen LogP contribution in [-0.4, -0.2) is 22.4 Å². The third-order valence-corrected chi connectivity index (χ3v) is 2.71. The van der Waals surface area contributed by atoms with Gasteiger partial charge in [-0.3, -0.25) is 9.48 Å². The van der Waals surface area contributed by atoms with Gasteiger partial charge in [-0.1, -0.05) is 19.1 Å². The molecule has 0 aliphatic carbocycles. The van der Waals surface area contributed by atoms with E-state index >= 15 is 0 Å². The zero-order valence-corrected chi connectivity index (χ0v) is 11.2.